The Balaban J connectivity index is 1.32. The lowest BCUT2D eigenvalue weighted by molar-refractivity contribution is 0.0459. The van der Waals surface area contributed by atoms with Crippen molar-refractivity contribution in [2.75, 3.05) is 0 Å². The lowest BCUT2D eigenvalue weighted by atomic mass is 10.1. The third kappa shape index (κ3) is 6.46. The smallest absolute Gasteiger partial charge is 0.128 e. The fourth-order valence-electron chi connectivity index (χ4n) is 3.07. The highest BCUT2D eigenvalue weighted by Gasteiger charge is 2.04. The van der Waals surface area contributed by atoms with E-state index in [0.29, 0.717) is 6.61 Å². The fourth-order valence-corrected chi connectivity index (χ4v) is 3.07. The van der Waals surface area contributed by atoms with E-state index in [0.717, 1.165) is 49.1 Å². The Bertz CT molecular complexity index is 817. The van der Waals surface area contributed by atoms with Crippen LogP contribution >= 0.6 is 0 Å². The Morgan fingerprint density at radius 1 is 0.857 bits per heavy atom. The summed E-state index contributed by atoms with van der Waals surface area (Å²) in [5.41, 5.74) is 3.20. The number of phenolic OH excluding ortho intramolecular Hbond substituents is 1. The number of unbranched alkanes of at least 4 members (excludes halogenated alkanes) is 2. The van der Waals surface area contributed by atoms with Gasteiger partial charge in [-0.2, -0.15) is 0 Å². The van der Waals surface area contributed by atoms with Gasteiger partial charge in [0.2, 0.25) is 0 Å². The first-order valence-electron chi connectivity index (χ1n) is 9.96. The summed E-state index contributed by atoms with van der Waals surface area (Å²) in [7, 11) is 0. The summed E-state index contributed by atoms with van der Waals surface area (Å²) in [6.07, 6.45) is 9.36. The molecular weight excluding hydrogens is 348 g/mol. The number of rotatable bonds is 10. The van der Waals surface area contributed by atoms with Gasteiger partial charge in [0.1, 0.15) is 11.6 Å². The number of ether oxygens (including phenoxy) is 1. The minimum absolute atomic E-state index is 0.265. The molecule has 1 aromatic heterocycles. The van der Waals surface area contributed by atoms with Gasteiger partial charge in [-0.05, 0) is 43.0 Å². The van der Waals surface area contributed by atoms with Gasteiger partial charge in [-0.15, -0.1) is 0 Å². The molecule has 1 unspecified atom stereocenters. The van der Waals surface area contributed by atoms with Gasteiger partial charge in [0, 0.05) is 24.4 Å². The third-order valence-electron chi connectivity index (χ3n) is 4.79. The average molecular weight is 377 g/mol. The number of phenols is 1. The maximum absolute atomic E-state index is 9.37. The first-order valence-corrected chi connectivity index (χ1v) is 9.96. The number of nitrogens with zero attached hydrogens (tertiary/aromatic N) is 2. The van der Waals surface area contributed by atoms with Crippen LogP contribution in [0.1, 0.15) is 44.0 Å². The molecule has 0 saturated heterocycles. The minimum atomic E-state index is 0.265. The van der Waals surface area contributed by atoms with Gasteiger partial charge in [-0.3, -0.25) is 0 Å². The number of aromatic hydroxyl groups is 1. The van der Waals surface area contributed by atoms with Crippen LogP contribution in [-0.2, 0) is 17.8 Å². The molecule has 0 bridgehead atoms. The summed E-state index contributed by atoms with van der Waals surface area (Å²) in [6.45, 7) is 2.83. The van der Waals surface area contributed by atoms with Crippen LogP contribution in [0.4, 0.5) is 0 Å². The van der Waals surface area contributed by atoms with Crippen molar-refractivity contribution in [1.29, 1.82) is 0 Å². The van der Waals surface area contributed by atoms with E-state index in [2.05, 4.69) is 29.0 Å². The summed E-state index contributed by atoms with van der Waals surface area (Å²) in [5.74, 6) is 1.15. The molecular formula is C24H28N2O2. The molecule has 0 spiro atoms. The second-order valence-electron chi connectivity index (χ2n) is 7.14. The van der Waals surface area contributed by atoms with Crippen LogP contribution in [0.5, 0.6) is 5.75 Å². The first kappa shape index (κ1) is 20.0. The maximum Gasteiger partial charge on any atom is 0.128 e. The van der Waals surface area contributed by atoms with Gasteiger partial charge < -0.3 is 9.84 Å². The van der Waals surface area contributed by atoms with Crippen molar-refractivity contribution in [2.45, 2.75) is 51.7 Å². The molecule has 0 aliphatic carbocycles. The minimum Gasteiger partial charge on any atom is -0.508 e. The molecule has 0 saturated carbocycles. The largest absolute Gasteiger partial charge is 0.508 e. The lowest BCUT2D eigenvalue weighted by Crippen LogP contribution is -2.08. The van der Waals surface area contributed by atoms with Crippen molar-refractivity contribution in [3.8, 4) is 16.9 Å². The monoisotopic (exact) mass is 376 g/mol. The van der Waals surface area contributed by atoms with E-state index in [9.17, 15) is 5.11 Å². The molecule has 28 heavy (non-hydrogen) atoms. The third-order valence-corrected chi connectivity index (χ3v) is 4.79. The molecule has 0 aliphatic rings. The molecule has 146 valence electrons. The number of hydrogen-bond acceptors (Lipinski definition) is 4. The predicted octanol–water partition coefficient (Wildman–Crippen LogP) is 5.56. The molecule has 3 aromatic rings. The van der Waals surface area contributed by atoms with E-state index in [-0.39, 0.29) is 11.9 Å². The molecule has 1 N–H and O–H groups in total. The van der Waals surface area contributed by atoms with Gasteiger partial charge in [0.25, 0.3) is 0 Å². The molecule has 4 nitrogen and oxygen atoms in total. The fraction of sp³-hybridized carbons (Fsp3) is 0.333. The number of aromatic nitrogens is 2. The van der Waals surface area contributed by atoms with Crippen LogP contribution in [0, 0.1) is 0 Å². The summed E-state index contributed by atoms with van der Waals surface area (Å²) in [6, 6.07) is 17.4. The van der Waals surface area contributed by atoms with Crippen molar-refractivity contribution < 1.29 is 9.84 Å². The van der Waals surface area contributed by atoms with Crippen LogP contribution < -0.4 is 0 Å². The highest BCUT2D eigenvalue weighted by molar-refractivity contribution is 5.62. The zero-order valence-electron chi connectivity index (χ0n) is 16.4. The molecule has 0 fully saturated rings. The van der Waals surface area contributed by atoms with Gasteiger partial charge in [0.15, 0.2) is 0 Å². The molecule has 1 atom stereocenters. The average Bonchev–Trinajstić information content (AvgIpc) is 2.74. The van der Waals surface area contributed by atoms with Crippen LogP contribution in [0.2, 0.25) is 0 Å². The summed E-state index contributed by atoms with van der Waals surface area (Å²) in [4.78, 5) is 8.95. The van der Waals surface area contributed by atoms with Gasteiger partial charge in [-0.25, -0.2) is 9.97 Å². The Morgan fingerprint density at radius 3 is 2.29 bits per heavy atom. The zero-order valence-corrected chi connectivity index (χ0v) is 16.4. The van der Waals surface area contributed by atoms with Gasteiger partial charge >= 0.3 is 0 Å². The first-order chi connectivity index (χ1) is 13.7. The summed E-state index contributed by atoms with van der Waals surface area (Å²) in [5, 5.41) is 9.37. The van der Waals surface area contributed by atoms with E-state index in [1.54, 1.807) is 12.1 Å². The van der Waals surface area contributed by atoms with Crippen molar-refractivity contribution >= 4 is 0 Å². The van der Waals surface area contributed by atoms with E-state index >= 15 is 0 Å². The Labute approximate surface area is 167 Å². The van der Waals surface area contributed by atoms with E-state index in [1.807, 2.05) is 42.7 Å². The molecule has 2 aromatic carbocycles. The van der Waals surface area contributed by atoms with Crippen LogP contribution in [0.15, 0.2) is 67.0 Å². The normalized spacial score (nSPS) is 12.0. The molecule has 4 heteroatoms. The quantitative estimate of drug-likeness (QED) is 0.471. The summed E-state index contributed by atoms with van der Waals surface area (Å²) < 4.78 is 5.92. The standard InChI is InChI=1S/C24H28N2O2/c1-19(28-18-20-9-5-3-6-10-20)8-4-2-7-11-24-25-16-22(17-26-24)21-12-14-23(27)15-13-21/h3,5-6,9-10,12-17,19,27H,2,4,7-8,11,18H2,1H3. The van der Waals surface area contributed by atoms with Crippen molar-refractivity contribution in [1.82, 2.24) is 9.97 Å². The van der Waals surface area contributed by atoms with Gasteiger partial charge in [-0.1, -0.05) is 55.3 Å². The Morgan fingerprint density at radius 2 is 1.57 bits per heavy atom. The predicted molar refractivity (Wildman–Crippen MR) is 112 cm³/mol. The lowest BCUT2D eigenvalue weighted by Gasteiger charge is -2.13. The van der Waals surface area contributed by atoms with Crippen LogP contribution in [0.25, 0.3) is 11.1 Å². The SMILES string of the molecule is CC(CCCCCc1ncc(-c2ccc(O)cc2)cn1)OCc1ccccc1. The maximum atomic E-state index is 9.37. The molecule has 1 heterocycles. The second kappa shape index (κ2) is 10.6. The highest BCUT2D eigenvalue weighted by atomic mass is 16.5. The molecule has 0 radical (unpaired) electrons. The summed E-state index contributed by atoms with van der Waals surface area (Å²) >= 11 is 0. The van der Waals surface area contributed by atoms with E-state index in [1.165, 1.54) is 5.56 Å². The number of aryl methyl sites for hydroxylation is 1. The van der Waals surface area contributed by atoms with Crippen molar-refractivity contribution in [2.24, 2.45) is 0 Å². The van der Waals surface area contributed by atoms with Crippen LogP contribution in [-0.4, -0.2) is 21.2 Å². The van der Waals surface area contributed by atoms with E-state index in [4.69, 9.17) is 4.74 Å². The zero-order chi connectivity index (χ0) is 19.6. The van der Waals surface area contributed by atoms with Gasteiger partial charge in [0.05, 0.1) is 12.7 Å². The molecule has 3 rings (SSSR count). The Hall–Kier alpha value is -2.72. The van der Waals surface area contributed by atoms with E-state index < -0.39 is 0 Å². The van der Waals surface area contributed by atoms with Crippen molar-refractivity contribution in [3.63, 3.8) is 0 Å². The van der Waals surface area contributed by atoms with Crippen molar-refractivity contribution in [3.05, 3.63) is 78.4 Å². The number of hydrogen-bond donors (Lipinski definition) is 1. The second-order valence-corrected chi connectivity index (χ2v) is 7.14. The highest BCUT2D eigenvalue weighted by Crippen LogP contribution is 2.20. The van der Waals surface area contributed by atoms with Crippen LogP contribution in [0.3, 0.4) is 0 Å². The number of benzene rings is 2. The molecule has 0 aliphatic heterocycles. The Kier molecular flexibility index (Phi) is 7.56. The molecule has 0 amide bonds. The topological polar surface area (TPSA) is 55.2 Å².